The number of imide groups is 1. The number of piperazine rings is 1. The number of urea groups is 1. The molecule has 7 rings (SSSR count). The Bertz CT molecular complexity index is 2100. The zero-order valence-corrected chi connectivity index (χ0v) is 30.7. The third-order valence-electron chi connectivity index (χ3n) is 9.33. The van der Waals surface area contributed by atoms with Crippen LogP contribution in [0.25, 0.3) is 0 Å². The van der Waals surface area contributed by atoms with Crippen molar-refractivity contribution in [1.29, 1.82) is 0 Å². The van der Waals surface area contributed by atoms with E-state index in [0.717, 1.165) is 49.5 Å². The summed E-state index contributed by atoms with van der Waals surface area (Å²) in [5.74, 6) is 0.764. The number of nitrogens with zero attached hydrogens (tertiary/aromatic N) is 6. The summed E-state index contributed by atoms with van der Waals surface area (Å²) in [6, 6.07) is 18.6. The summed E-state index contributed by atoms with van der Waals surface area (Å²) in [6.45, 7) is 7.97. The van der Waals surface area contributed by atoms with E-state index in [1.807, 2.05) is 60.7 Å². The monoisotopic (exact) mass is 743 g/mol. The number of hydrazine groups is 1. The van der Waals surface area contributed by atoms with Crippen LogP contribution in [-0.4, -0.2) is 95.9 Å². The van der Waals surface area contributed by atoms with Crippen molar-refractivity contribution >= 4 is 70.7 Å². The van der Waals surface area contributed by atoms with Crippen LogP contribution in [0.4, 0.5) is 33.6 Å². The number of fused-ring (bicyclic) bond motifs is 1. The number of ether oxygens (including phenoxy) is 1. The topological polar surface area (TPSA) is 152 Å². The number of nitrogens with one attached hydrogen (secondary N) is 3. The summed E-state index contributed by atoms with van der Waals surface area (Å²) in [6.07, 6.45) is 1.67. The number of anilines is 5. The minimum atomic E-state index is -2.55. The summed E-state index contributed by atoms with van der Waals surface area (Å²) in [4.78, 5) is 50.6. The number of aromatic nitrogens is 2. The van der Waals surface area contributed by atoms with Crippen LogP contribution in [-0.2, 0) is 22.4 Å². The lowest BCUT2D eigenvalue weighted by Crippen LogP contribution is -2.56. The van der Waals surface area contributed by atoms with Gasteiger partial charge in [-0.1, -0.05) is 35.9 Å². The molecule has 3 aromatic carbocycles. The summed E-state index contributed by atoms with van der Waals surface area (Å²) >= 11 is 6.45. The molecule has 0 atom stereocenters. The van der Waals surface area contributed by atoms with Gasteiger partial charge in [0, 0.05) is 61.8 Å². The van der Waals surface area contributed by atoms with Gasteiger partial charge in [-0.05, 0) is 54.8 Å². The normalized spacial score (nSPS) is 16.5. The van der Waals surface area contributed by atoms with Crippen LogP contribution in [0.3, 0.4) is 0 Å². The average Bonchev–Trinajstić information content (AvgIpc) is 3.44. The number of amides is 4. The molecule has 4 amide bonds. The molecule has 3 N–H and O–H groups in total. The van der Waals surface area contributed by atoms with E-state index < -0.39 is 13.2 Å². The second-order valence-electron chi connectivity index (χ2n) is 13.2. The Hall–Kier alpha value is -5.17. The lowest BCUT2D eigenvalue weighted by molar-refractivity contribution is -0.123. The molecule has 4 aromatic rings. The van der Waals surface area contributed by atoms with E-state index in [2.05, 4.69) is 35.7 Å². The number of hydrogen-bond acceptors (Lipinski definition) is 11. The third-order valence-corrected chi connectivity index (χ3v) is 11.2. The zero-order valence-electron chi connectivity index (χ0n) is 29.1. The van der Waals surface area contributed by atoms with Crippen LogP contribution in [0.15, 0.2) is 66.9 Å². The molecule has 3 aliphatic heterocycles. The highest BCUT2D eigenvalue weighted by molar-refractivity contribution is 7.70. The van der Waals surface area contributed by atoms with Crippen molar-refractivity contribution in [3.63, 3.8) is 0 Å². The first kappa shape index (κ1) is 35.2. The van der Waals surface area contributed by atoms with E-state index >= 15 is 0 Å². The molecule has 16 heteroatoms. The average molecular weight is 744 g/mol. The maximum atomic E-state index is 13.0. The predicted molar refractivity (Wildman–Crippen MR) is 201 cm³/mol. The number of halogens is 1. The summed E-state index contributed by atoms with van der Waals surface area (Å²) < 4.78 is 18.6. The standard InChI is InChI=1S/C36H39ClN9O5P/c1-51-30-19-25(9-11-28(30)40-35-38-20-27(37)33(42-35)39-29-6-4-5-7-31(29)52(2,3)50)44-16-14-43(15-17-44)21-23-8-10-26-24(18-23)22-46(34(26)48)45-13-12-32(47)41-36(45)49/h4-11,18-20H,12-17,21-22H2,1-3H3,(H,41,47,49)(H2,38,39,40,42). The summed E-state index contributed by atoms with van der Waals surface area (Å²) in [5, 5.41) is 12.5. The fourth-order valence-corrected chi connectivity index (χ4v) is 7.95. The highest BCUT2D eigenvalue weighted by Crippen LogP contribution is 2.39. The largest absolute Gasteiger partial charge is 0.494 e. The van der Waals surface area contributed by atoms with Gasteiger partial charge < -0.3 is 24.8 Å². The molecule has 52 heavy (non-hydrogen) atoms. The number of para-hydroxylation sites is 1. The Morgan fingerprint density at radius 3 is 2.46 bits per heavy atom. The van der Waals surface area contributed by atoms with E-state index in [1.165, 1.54) is 16.2 Å². The number of hydrogen-bond donors (Lipinski definition) is 3. The van der Waals surface area contributed by atoms with Gasteiger partial charge in [0.05, 0.1) is 37.8 Å². The van der Waals surface area contributed by atoms with Gasteiger partial charge in [-0.15, -0.1) is 0 Å². The van der Waals surface area contributed by atoms with E-state index in [1.54, 1.807) is 20.4 Å². The highest BCUT2D eigenvalue weighted by atomic mass is 35.5. The first-order valence-corrected chi connectivity index (χ1v) is 19.9. The van der Waals surface area contributed by atoms with Crippen LogP contribution < -0.4 is 30.9 Å². The highest BCUT2D eigenvalue weighted by Gasteiger charge is 2.37. The zero-order chi connectivity index (χ0) is 36.6. The van der Waals surface area contributed by atoms with Crippen molar-refractivity contribution in [1.82, 2.24) is 30.2 Å². The molecule has 14 nitrogen and oxygen atoms in total. The summed E-state index contributed by atoms with van der Waals surface area (Å²) in [7, 11) is -0.934. The number of carbonyl (C=O) groups excluding carboxylic acids is 3. The number of benzene rings is 3. The molecule has 4 heterocycles. The van der Waals surface area contributed by atoms with Gasteiger partial charge in [-0.3, -0.25) is 19.8 Å². The van der Waals surface area contributed by atoms with Crippen LogP contribution in [0.2, 0.25) is 5.02 Å². The van der Waals surface area contributed by atoms with Gasteiger partial charge in [0.1, 0.15) is 17.9 Å². The van der Waals surface area contributed by atoms with Gasteiger partial charge in [0.25, 0.3) is 5.91 Å². The molecule has 0 spiro atoms. The minimum absolute atomic E-state index is 0.162. The number of methoxy groups -OCH3 is 1. The van der Waals surface area contributed by atoms with Crippen molar-refractivity contribution in [3.8, 4) is 5.75 Å². The first-order valence-electron chi connectivity index (χ1n) is 16.9. The maximum absolute atomic E-state index is 13.0. The molecule has 0 radical (unpaired) electrons. The van der Waals surface area contributed by atoms with Gasteiger partial charge in [-0.2, -0.15) is 4.98 Å². The fourth-order valence-electron chi connectivity index (χ4n) is 6.65. The maximum Gasteiger partial charge on any atom is 0.342 e. The van der Waals surface area contributed by atoms with Crippen LogP contribution in [0, 0.1) is 0 Å². The molecule has 0 bridgehead atoms. The smallest absolute Gasteiger partial charge is 0.342 e. The van der Waals surface area contributed by atoms with Crippen molar-refractivity contribution in [2.75, 3.05) is 68.7 Å². The van der Waals surface area contributed by atoms with Gasteiger partial charge in [0.2, 0.25) is 11.9 Å². The molecule has 0 unspecified atom stereocenters. The Morgan fingerprint density at radius 2 is 1.71 bits per heavy atom. The lowest BCUT2D eigenvalue weighted by Gasteiger charge is -2.36. The Balaban J connectivity index is 0.968. The molecule has 2 fully saturated rings. The second kappa shape index (κ2) is 14.5. The number of rotatable bonds is 10. The van der Waals surface area contributed by atoms with Gasteiger partial charge in [-0.25, -0.2) is 19.8 Å². The van der Waals surface area contributed by atoms with E-state index in [9.17, 15) is 18.9 Å². The Morgan fingerprint density at radius 1 is 0.923 bits per heavy atom. The Kier molecular flexibility index (Phi) is 9.80. The van der Waals surface area contributed by atoms with Crippen LogP contribution in [0.5, 0.6) is 5.75 Å². The molecule has 270 valence electrons. The van der Waals surface area contributed by atoms with Crippen molar-refractivity contribution in [2.45, 2.75) is 19.5 Å². The van der Waals surface area contributed by atoms with Crippen molar-refractivity contribution < 1.29 is 23.7 Å². The molecule has 0 aliphatic carbocycles. The van der Waals surface area contributed by atoms with Crippen LogP contribution >= 0.6 is 18.7 Å². The molecular formula is C36H39ClN9O5P. The fraction of sp³-hybridized carbons (Fsp3) is 0.306. The van der Waals surface area contributed by atoms with E-state index in [-0.39, 0.29) is 24.8 Å². The van der Waals surface area contributed by atoms with Gasteiger partial charge in [0.15, 0.2) is 5.82 Å². The first-order chi connectivity index (χ1) is 25.0. The third kappa shape index (κ3) is 7.41. The summed E-state index contributed by atoms with van der Waals surface area (Å²) in [5.41, 5.74) is 4.94. The number of carbonyl (C=O) groups is 3. The molecule has 3 aliphatic rings. The molecular weight excluding hydrogens is 705 g/mol. The predicted octanol–water partition coefficient (Wildman–Crippen LogP) is 5.01. The second-order valence-corrected chi connectivity index (χ2v) is 16.8. The van der Waals surface area contributed by atoms with E-state index in [4.69, 9.17) is 16.3 Å². The Labute approximate surface area is 306 Å². The molecule has 0 saturated carbocycles. The molecule has 1 aromatic heterocycles. The SMILES string of the molecule is COc1cc(N2CCN(Cc3ccc4c(c3)CN(N3CCC(=O)NC3=O)C4=O)CC2)ccc1Nc1ncc(Cl)c(Nc2ccccc2P(C)(C)=O)n1. The minimum Gasteiger partial charge on any atom is -0.494 e. The van der Waals surface area contributed by atoms with Crippen LogP contribution in [0.1, 0.15) is 27.9 Å². The van der Waals surface area contributed by atoms with E-state index in [0.29, 0.717) is 51.3 Å². The van der Waals surface area contributed by atoms with Crippen molar-refractivity contribution in [3.05, 3.63) is 88.6 Å². The quantitative estimate of drug-likeness (QED) is 0.188. The van der Waals surface area contributed by atoms with Gasteiger partial charge >= 0.3 is 6.03 Å². The molecule has 2 saturated heterocycles. The van der Waals surface area contributed by atoms with Crippen molar-refractivity contribution in [2.24, 2.45) is 0 Å². The lowest BCUT2D eigenvalue weighted by atomic mass is 10.1.